The van der Waals surface area contributed by atoms with Gasteiger partial charge in [0.2, 0.25) is 5.95 Å². The number of aromatic nitrogens is 5. The van der Waals surface area contributed by atoms with Crippen LogP contribution < -0.4 is 5.32 Å². The van der Waals surface area contributed by atoms with Crippen molar-refractivity contribution in [3.63, 3.8) is 0 Å². The van der Waals surface area contributed by atoms with E-state index in [9.17, 15) is 0 Å². The standard InChI is InChI=1S/C11H9BrN6S/c1-13-11-17-9-8(15-5-16-9)10(18-11)19-7-3-2-6(12)4-14-7/h2-5H,1H3,(H2,13,15,16,17,18). The highest BCUT2D eigenvalue weighted by Crippen LogP contribution is 2.30. The number of fused-ring (bicyclic) bond motifs is 1. The van der Waals surface area contributed by atoms with E-state index in [0.29, 0.717) is 11.6 Å². The van der Waals surface area contributed by atoms with Gasteiger partial charge in [-0.3, -0.25) is 0 Å². The zero-order chi connectivity index (χ0) is 13.2. The van der Waals surface area contributed by atoms with E-state index in [2.05, 4.69) is 46.2 Å². The van der Waals surface area contributed by atoms with Crippen LogP contribution in [0.25, 0.3) is 11.2 Å². The van der Waals surface area contributed by atoms with Gasteiger partial charge in [-0.05, 0) is 39.8 Å². The van der Waals surface area contributed by atoms with Crippen LogP contribution in [0, 0.1) is 0 Å². The number of nitrogens with zero attached hydrogens (tertiary/aromatic N) is 4. The topological polar surface area (TPSA) is 79.4 Å². The highest BCUT2D eigenvalue weighted by molar-refractivity contribution is 9.10. The minimum absolute atomic E-state index is 0.541. The summed E-state index contributed by atoms with van der Waals surface area (Å²) < 4.78 is 0.946. The Balaban J connectivity index is 2.03. The summed E-state index contributed by atoms with van der Waals surface area (Å²) in [6.07, 6.45) is 3.37. The first-order valence-electron chi connectivity index (χ1n) is 5.44. The molecule has 0 aliphatic rings. The third kappa shape index (κ3) is 2.54. The second-order valence-electron chi connectivity index (χ2n) is 3.62. The Morgan fingerprint density at radius 1 is 1.26 bits per heavy atom. The van der Waals surface area contributed by atoms with Crippen LogP contribution in [0.1, 0.15) is 0 Å². The zero-order valence-corrected chi connectivity index (χ0v) is 12.3. The maximum absolute atomic E-state index is 4.43. The van der Waals surface area contributed by atoms with E-state index in [1.807, 2.05) is 12.1 Å². The lowest BCUT2D eigenvalue weighted by atomic mass is 10.5. The molecule has 3 aromatic heterocycles. The van der Waals surface area contributed by atoms with E-state index in [4.69, 9.17) is 0 Å². The normalized spacial score (nSPS) is 10.8. The molecule has 3 heterocycles. The average molecular weight is 337 g/mol. The monoisotopic (exact) mass is 336 g/mol. The van der Waals surface area contributed by atoms with E-state index < -0.39 is 0 Å². The second kappa shape index (κ2) is 5.14. The molecule has 96 valence electrons. The van der Waals surface area contributed by atoms with Gasteiger partial charge in [-0.25, -0.2) is 15.0 Å². The van der Waals surface area contributed by atoms with Gasteiger partial charge in [0.15, 0.2) is 5.65 Å². The third-order valence-electron chi connectivity index (χ3n) is 2.38. The minimum atomic E-state index is 0.541. The molecule has 0 fully saturated rings. The van der Waals surface area contributed by atoms with Gasteiger partial charge in [0, 0.05) is 17.7 Å². The van der Waals surface area contributed by atoms with E-state index in [0.717, 1.165) is 20.0 Å². The number of H-pyrrole nitrogens is 1. The van der Waals surface area contributed by atoms with Crippen molar-refractivity contribution in [2.45, 2.75) is 10.1 Å². The van der Waals surface area contributed by atoms with Crippen LogP contribution >= 0.6 is 27.7 Å². The molecule has 0 spiro atoms. The van der Waals surface area contributed by atoms with Crippen molar-refractivity contribution in [2.24, 2.45) is 0 Å². The van der Waals surface area contributed by atoms with Crippen LogP contribution in [0.5, 0.6) is 0 Å². The fourth-order valence-corrected chi connectivity index (χ4v) is 2.57. The lowest BCUT2D eigenvalue weighted by molar-refractivity contribution is 1.06. The number of halogens is 1. The summed E-state index contributed by atoms with van der Waals surface area (Å²) in [5, 5.41) is 4.58. The quantitative estimate of drug-likeness (QED) is 0.716. The molecule has 8 heteroatoms. The Morgan fingerprint density at radius 3 is 2.89 bits per heavy atom. The number of nitrogens with one attached hydrogen (secondary N) is 2. The van der Waals surface area contributed by atoms with Gasteiger partial charge >= 0.3 is 0 Å². The number of pyridine rings is 1. The Morgan fingerprint density at radius 2 is 2.16 bits per heavy atom. The molecule has 0 atom stereocenters. The zero-order valence-electron chi connectivity index (χ0n) is 9.88. The lowest BCUT2D eigenvalue weighted by Crippen LogP contribution is -1.98. The molecule has 6 nitrogen and oxygen atoms in total. The predicted molar refractivity (Wildman–Crippen MR) is 77.3 cm³/mol. The summed E-state index contributed by atoms with van der Waals surface area (Å²) in [6.45, 7) is 0. The number of rotatable bonds is 3. The summed E-state index contributed by atoms with van der Waals surface area (Å²) in [5.74, 6) is 0.541. The first kappa shape index (κ1) is 12.4. The van der Waals surface area contributed by atoms with Crippen LogP contribution in [-0.2, 0) is 0 Å². The summed E-state index contributed by atoms with van der Waals surface area (Å²) >= 11 is 4.83. The first-order valence-corrected chi connectivity index (χ1v) is 7.05. The largest absolute Gasteiger partial charge is 0.357 e. The van der Waals surface area contributed by atoms with Crippen molar-refractivity contribution in [1.29, 1.82) is 0 Å². The molecule has 0 aromatic carbocycles. The van der Waals surface area contributed by atoms with Crippen molar-refractivity contribution in [3.8, 4) is 0 Å². The van der Waals surface area contributed by atoms with Gasteiger partial charge in [-0.1, -0.05) is 0 Å². The molecule has 0 amide bonds. The van der Waals surface area contributed by atoms with Gasteiger partial charge in [-0.2, -0.15) is 4.98 Å². The number of hydrogen-bond acceptors (Lipinski definition) is 6. The van der Waals surface area contributed by atoms with Crippen LogP contribution in [-0.4, -0.2) is 32.0 Å². The molecule has 0 aliphatic heterocycles. The Kier molecular flexibility index (Phi) is 3.34. The SMILES string of the molecule is CNc1nc(Sc2ccc(Br)cn2)c2[nH]cnc2n1. The predicted octanol–water partition coefficient (Wildman–Crippen LogP) is 2.70. The average Bonchev–Trinajstić information content (AvgIpc) is 2.89. The van der Waals surface area contributed by atoms with Gasteiger partial charge in [0.1, 0.15) is 15.6 Å². The fourth-order valence-electron chi connectivity index (χ4n) is 1.51. The number of anilines is 1. The fraction of sp³-hybridized carbons (Fsp3) is 0.0909. The number of imidazole rings is 1. The molecule has 3 aromatic rings. The second-order valence-corrected chi connectivity index (χ2v) is 5.55. The molecule has 0 unspecified atom stereocenters. The Bertz CT molecular complexity index is 711. The summed E-state index contributed by atoms with van der Waals surface area (Å²) in [7, 11) is 1.78. The molecular formula is C11H9BrN6S. The van der Waals surface area contributed by atoms with E-state index in [1.54, 1.807) is 19.6 Å². The van der Waals surface area contributed by atoms with Crippen molar-refractivity contribution in [1.82, 2.24) is 24.9 Å². The highest BCUT2D eigenvalue weighted by atomic mass is 79.9. The summed E-state index contributed by atoms with van der Waals surface area (Å²) in [6, 6.07) is 3.87. The van der Waals surface area contributed by atoms with E-state index in [1.165, 1.54) is 11.8 Å². The Labute approximate surface area is 121 Å². The molecule has 3 rings (SSSR count). The van der Waals surface area contributed by atoms with Gasteiger partial charge in [-0.15, -0.1) is 0 Å². The molecule has 0 bridgehead atoms. The summed E-state index contributed by atoms with van der Waals surface area (Å²) in [4.78, 5) is 20.2. The number of hydrogen-bond donors (Lipinski definition) is 2. The molecule has 2 N–H and O–H groups in total. The van der Waals surface area contributed by atoms with Crippen LogP contribution in [0.2, 0.25) is 0 Å². The van der Waals surface area contributed by atoms with Crippen molar-refractivity contribution < 1.29 is 0 Å². The molecule has 19 heavy (non-hydrogen) atoms. The van der Waals surface area contributed by atoms with Crippen molar-refractivity contribution >= 4 is 44.8 Å². The van der Waals surface area contributed by atoms with Gasteiger partial charge in [0.05, 0.1) is 6.33 Å². The van der Waals surface area contributed by atoms with Crippen LogP contribution in [0.15, 0.2) is 39.2 Å². The molecule has 0 saturated carbocycles. The lowest BCUT2D eigenvalue weighted by Gasteiger charge is -2.04. The first-order chi connectivity index (χ1) is 9.26. The Hall–Kier alpha value is -1.67. The van der Waals surface area contributed by atoms with Crippen LogP contribution in [0.3, 0.4) is 0 Å². The molecule has 0 saturated heterocycles. The minimum Gasteiger partial charge on any atom is -0.357 e. The van der Waals surface area contributed by atoms with Gasteiger partial charge in [0.25, 0.3) is 0 Å². The molecular weight excluding hydrogens is 328 g/mol. The summed E-state index contributed by atoms with van der Waals surface area (Å²) in [5.41, 5.74) is 1.45. The molecule has 0 radical (unpaired) electrons. The van der Waals surface area contributed by atoms with Crippen molar-refractivity contribution in [2.75, 3.05) is 12.4 Å². The smallest absolute Gasteiger partial charge is 0.225 e. The maximum atomic E-state index is 4.43. The molecule has 0 aliphatic carbocycles. The van der Waals surface area contributed by atoms with Gasteiger partial charge < -0.3 is 10.3 Å². The van der Waals surface area contributed by atoms with Crippen molar-refractivity contribution in [3.05, 3.63) is 29.1 Å². The van der Waals surface area contributed by atoms with E-state index in [-0.39, 0.29) is 0 Å². The van der Waals surface area contributed by atoms with Crippen LogP contribution in [0.4, 0.5) is 5.95 Å². The maximum Gasteiger partial charge on any atom is 0.225 e. The highest BCUT2D eigenvalue weighted by Gasteiger charge is 2.11. The number of aromatic amines is 1. The van der Waals surface area contributed by atoms with E-state index >= 15 is 0 Å². The third-order valence-corrected chi connectivity index (χ3v) is 3.79.